The summed E-state index contributed by atoms with van der Waals surface area (Å²) in [5.41, 5.74) is 7.79. The van der Waals surface area contributed by atoms with Gasteiger partial charge < -0.3 is 21.1 Å². The number of ether oxygens (including phenoxy) is 1. The van der Waals surface area contributed by atoms with Gasteiger partial charge in [0.15, 0.2) is 0 Å². The molecule has 0 saturated heterocycles. The molecule has 7 nitrogen and oxygen atoms in total. The molecule has 7 heteroatoms. The highest BCUT2D eigenvalue weighted by Crippen LogP contribution is 2.67. The Labute approximate surface area is 299 Å². The third-order valence-corrected chi connectivity index (χ3v) is 13.8. The van der Waals surface area contributed by atoms with Crippen molar-refractivity contribution in [3.8, 4) is 0 Å². The number of hydrogen-bond acceptors (Lipinski definition) is 5. The van der Waals surface area contributed by atoms with Gasteiger partial charge in [0.05, 0.1) is 6.04 Å². The van der Waals surface area contributed by atoms with Gasteiger partial charge in [0.1, 0.15) is 11.9 Å². The molecule has 0 radical (unpaired) electrons. The standard InChI is InChI=1S/C42H73N3O4/c1-28(2)13-11-14-30(5)35-20-21-36-34-19-18-31-27-33(22-24-41(31,6)37(34)23-25-42(35,36)7)49-40(48)44-26-12-16-32(46)15-9-8-10-17-38(39(43)47)45-29(3)4/h18,28-30,33-38,45H,8-17,19-27H2,1-7H3,(H2,43,47)(H,44,48)/t30?,33-,34-,35?,36?,37?,38+,41-,42+/m0/s1. The SMILES string of the molecule is CC(C)CCCC(C)C1CCC2[C@@H]3CC=C4C[C@@H](OC(=O)NCCCC(=O)CCCCC[C@@H](NC(C)C)C(N)=O)CC[C@]4(C)C3CC[C@]12C. The number of carbonyl (C=O) groups is 3. The van der Waals surface area contributed by atoms with Gasteiger partial charge in [0.25, 0.3) is 0 Å². The highest BCUT2D eigenvalue weighted by molar-refractivity contribution is 5.80. The summed E-state index contributed by atoms with van der Waals surface area (Å²) >= 11 is 0. The number of ketones is 1. The predicted octanol–water partition coefficient (Wildman–Crippen LogP) is 9.27. The summed E-state index contributed by atoms with van der Waals surface area (Å²) in [6.45, 7) is 16.9. The van der Waals surface area contributed by atoms with Crippen LogP contribution in [0.1, 0.15) is 164 Å². The highest BCUT2D eigenvalue weighted by atomic mass is 16.6. The maximum atomic E-state index is 12.7. The largest absolute Gasteiger partial charge is 0.446 e. The first-order valence-electron chi connectivity index (χ1n) is 20.5. The van der Waals surface area contributed by atoms with Gasteiger partial charge in [-0.3, -0.25) is 9.59 Å². The number of amides is 2. The van der Waals surface area contributed by atoms with E-state index >= 15 is 0 Å². The second kappa shape index (κ2) is 18.0. The van der Waals surface area contributed by atoms with Crippen LogP contribution in [0.2, 0.25) is 0 Å². The van der Waals surface area contributed by atoms with Crippen LogP contribution in [-0.4, -0.2) is 42.5 Å². The van der Waals surface area contributed by atoms with Crippen molar-refractivity contribution in [2.75, 3.05) is 6.54 Å². The average molecular weight is 684 g/mol. The number of nitrogens with two attached hydrogens (primary N) is 1. The molecule has 0 aromatic rings. The maximum absolute atomic E-state index is 12.7. The minimum Gasteiger partial charge on any atom is -0.446 e. The quantitative estimate of drug-likeness (QED) is 0.0929. The third-order valence-electron chi connectivity index (χ3n) is 13.8. The lowest BCUT2D eigenvalue weighted by molar-refractivity contribution is -0.121. The van der Waals surface area contributed by atoms with E-state index in [0.717, 1.165) is 74.0 Å². The van der Waals surface area contributed by atoms with Crippen LogP contribution in [0.15, 0.2) is 11.6 Å². The van der Waals surface area contributed by atoms with E-state index in [0.29, 0.717) is 37.6 Å². The normalized spacial score (nSPS) is 32.1. The molecule has 49 heavy (non-hydrogen) atoms. The van der Waals surface area contributed by atoms with Crippen molar-refractivity contribution in [2.24, 2.45) is 52.1 Å². The lowest BCUT2D eigenvalue weighted by Crippen LogP contribution is -2.51. The predicted molar refractivity (Wildman–Crippen MR) is 200 cm³/mol. The molecule has 4 unspecified atom stereocenters. The molecule has 0 aromatic heterocycles. The molecular formula is C42H73N3O4. The number of rotatable bonds is 19. The number of Topliss-reactive ketones (excluding diaryl/α,β-unsaturated/α-hetero) is 1. The van der Waals surface area contributed by atoms with Gasteiger partial charge in [-0.1, -0.05) is 92.2 Å². The van der Waals surface area contributed by atoms with Crippen LogP contribution >= 0.6 is 0 Å². The summed E-state index contributed by atoms with van der Waals surface area (Å²) in [7, 11) is 0. The van der Waals surface area contributed by atoms with Gasteiger partial charge in [-0.25, -0.2) is 4.79 Å². The van der Waals surface area contributed by atoms with Gasteiger partial charge in [-0.05, 0) is 111 Å². The van der Waals surface area contributed by atoms with E-state index in [1.807, 2.05) is 13.8 Å². The Bertz CT molecular complexity index is 1130. The van der Waals surface area contributed by atoms with E-state index in [1.165, 1.54) is 51.4 Å². The molecule has 4 N–H and O–H groups in total. The van der Waals surface area contributed by atoms with E-state index in [-0.39, 0.29) is 41.4 Å². The molecule has 0 aliphatic heterocycles. The highest BCUT2D eigenvalue weighted by Gasteiger charge is 2.59. The number of primary amides is 1. The molecule has 4 aliphatic rings. The molecule has 0 heterocycles. The Morgan fingerprint density at radius 2 is 1.63 bits per heavy atom. The Hall–Kier alpha value is -1.89. The Balaban J connectivity index is 1.15. The van der Waals surface area contributed by atoms with Crippen LogP contribution in [0, 0.1) is 46.3 Å². The molecule has 0 spiro atoms. The average Bonchev–Trinajstić information content (AvgIpc) is 3.39. The van der Waals surface area contributed by atoms with Crippen LogP contribution in [0.25, 0.3) is 0 Å². The molecule has 4 aliphatic carbocycles. The maximum Gasteiger partial charge on any atom is 0.407 e. The minimum absolute atomic E-state index is 0.0567. The Kier molecular flexibility index (Phi) is 14.7. The number of fused-ring (bicyclic) bond motifs is 5. The summed E-state index contributed by atoms with van der Waals surface area (Å²) in [6.07, 6.45) is 21.0. The van der Waals surface area contributed by atoms with Crippen LogP contribution in [0.4, 0.5) is 4.79 Å². The van der Waals surface area contributed by atoms with Crippen molar-refractivity contribution in [3.05, 3.63) is 11.6 Å². The fourth-order valence-corrected chi connectivity index (χ4v) is 11.1. The number of unbranched alkanes of at least 4 members (excludes halogenated alkanes) is 2. The van der Waals surface area contributed by atoms with Crippen molar-refractivity contribution in [1.82, 2.24) is 10.6 Å². The molecule has 0 bridgehead atoms. The number of nitrogens with one attached hydrogen (secondary N) is 2. The van der Waals surface area contributed by atoms with Crippen molar-refractivity contribution in [3.63, 3.8) is 0 Å². The number of carbonyl (C=O) groups excluding carboxylic acids is 3. The topological polar surface area (TPSA) is 111 Å². The van der Waals surface area contributed by atoms with E-state index in [4.69, 9.17) is 10.5 Å². The fourth-order valence-electron chi connectivity index (χ4n) is 11.1. The first-order chi connectivity index (χ1) is 23.2. The van der Waals surface area contributed by atoms with Gasteiger partial charge in [0, 0.05) is 31.8 Å². The number of allylic oxidation sites excluding steroid dienone is 1. The lowest BCUT2D eigenvalue weighted by atomic mass is 9.47. The molecule has 3 fully saturated rings. The Morgan fingerprint density at radius 1 is 0.878 bits per heavy atom. The van der Waals surface area contributed by atoms with E-state index in [9.17, 15) is 14.4 Å². The van der Waals surface area contributed by atoms with E-state index in [2.05, 4.69) is 51.3 Å². The zero-order valence-electron chi connectivity index (χ0n) is 32.4. The van der Waals surface area contributed by atoms with Crippen molar-refractivity contribution < 1.29 is 19.1 Å². The van der Waals surface area contributed by atoms with Gasteiger partial charge in [-0.2, -0.15) is 0 Å². The summed E-state index contributed by atoms with van der Waals surface area (Å²) in [4.78, 5) is 36.7. The summed E-state index contributed by atoms with van der Waals surface area (Å²) in [5, 5.41) is 6.10. The molecule has 2 amide bonds. The monoisotopic (exact) mass is 684 g/mol. The minimum atomic E-state index is -0.345. The smallest absolute Gasteiger partial charge is 0.407 e. The van der Waals surface area contributed by atoms with Crippen LogP contribution in [-0.2, 0) is 14.3 Å². The van der Waals surface area contributed by atoms with Gasteiger partial charge >= 0.3 is 6.09 Å². The summed E-state index contributed by atoms with van der Waals surface area (Å²) in [5.74, 6) is 4.88. The van der Waals surface area contributed by atoms with Crippen LogP contribution < -0.4 is 16.4 Å². The molecule has 0 aromatic carbocycles. The van der Waals surface area contributed by atoms with Crippen molar-refractivity contribution in [1.29, 1.82) is 0 Å². The van der Waals surface area contributed by atoms with Gasteiger partial charge in [-0.15, -0.1) is 0 Å². The lowest BCUT2D eigenvalue weighted by Gasteiger charge is -2.58. The second-order valence-corrected chi connectivity index (χ2v) is 18.0. The van der Waals surface area contributed by atoms with Gasteiger partial charge in [0.2, 0.25) is 5.91 Å². The molecule has 9 atom stereocenters. The Morgan fingerprint density at radius 3 is 2.35 bits per heavy atom. The van der Waals surface area contributed by atoms with E-state index in [1.54, 1.807) is 5.57 Å². The zero-order valence-corrected chi connectivity index (χ0v) is 32.4. The summed E-state index contributed by atoms with van der Waals surface area (Å²) in [6, 6.07) is -0.101. The molecule has 4 rings (SSSR count). The molecule has 280 valence electrons. The summed E-state index contributed by atoms with van der Waals surface area (Å²) < 4.78 is 5.94. The number of alkyl carbamates (subject to hydrolysis) is 1. The second-order valence-electron chi connectivity index (χ2n) is 18.0. The zero-order chi connectivity index (χ0) is 35.8. The van der Waals surface area contributed by atoms with E-state index < -0.39 is 0 Å². The first-order valence-corrected chi connectivity index (χ1v) is 20.5. The van der Waals surface area contributed by atoms with Crippen LogP contribution in [0.3, 0.4) is 0 Å². The van der Waals surface area contributed by atoms with Crippen molar-refractivity contribution in [2.45, 2.75) is 182 Å². The third kappa shape index (κ3) is 10.3. The van der Waals surface area contributed by atoms with Crippen molar-refractivity contribution >= 4 is 17.8 Å². The molecule has 3 saturated carbocycles. The fraction of sp³-hybridized carbons (Fsp3) is 0.881. The number of hydrogen-bond donors (Lipinski definition) is 3. The van der Waals surface area contributed by atoms with Crippen LogP contribution in [0.5, 0.6) is 0 Å². The molecular weight excluding hydrogens is 610 g/mol. The first kappa shape index (κ1) is 39.9.